The molecule has 0 saturated carbocycles. The molecule has 5 heteroatoms. The van der Waals surface area contributed by atoms with Crippen molar-refractivity contribution in [2.75, 3.05) is 5.32 Å². The third-order valence-electron chi connectivity index (χ3n) is 2.54. The summed E-state index contributed by atoms with van der Waals surface area (Å²) in [6, 6.07) is 14.1. The molecule has 3 N–H and O–H groups in total. The number of fused-ring (bicyclic) bond motifs is 2. The molecule has 0 aliphatic carbocycles. The van der Waals surface area contributed by atoms with Gasteiger partial charge >= 0.3 is 0 Å². The predicted octanol–water partition coefficient (Wildman–Crippen LogP) is 3.85. The smallest absolute Gasteiger partial charge is 0.112 e. The number of rotatable bonds is 1. The minimum atomic E-state index is 0.756. The first-order valence-electron chi connectivity index (χ1n) is 5.16. The average molecular weight is 242 g/mol. The lowest BCUT2D eigenvalue weighted by Crippen LogP contribution is -1.99. The topological polar surface area (TPSA) is 62.8 Å². The van der Waals surface area contributed by atoms with Crippen LogP contribution in [0, 0.1) is 0 Å². The van der Waals surface area contributed by atoms with Gasteiger partial charge in [0.05, 0.1) is 11.4 Å². The predicted molar refractivity (Wildman–Crippen MR) is 69.0 cm³/mol. The Morgan fingerprint density at radius 1 is 1.00 bits per heavy atom. The molecule has 1 heterocycles. The van der Waals surface area contributed by atoms with Crippen molar-refractivity contribution in [1.82, 2.24) is 0 Å². The molecule has 0 radical (unpaired) electrons. The summed E-state index contributed by atoms with van der Waals surface area (Å²) in [6.07, 6.45) is 0. The molecule has 3 rings (SSSR count). The molecule has 0 fully saturated rings. The van der Waals surface area contributed by atoms with Crippen LogP contribution in [0.4, 0.5) is 17.1 Å². The monoisotopic (exact) mass is 242 g/mol. The summed E-state index contributed by atoms with van der Waals surface area (Å²) in [7, 11) is 0. The molecule has 1 aliphatic rings. The van der Waals surface area contributed by atoms with E-state index in [1.54, 1.807) is 11.8 Å². The quantitative estimate of drug-likeness (QED) is 0.387. The fraction of sp³-hybridized carbons (Fsp3) is 0. The van der Waals surface area contributed by atoms with E-state index in [0.29, 0.717) is 0 Å². The second-order valence-electron chi connectivity index (χ2n) is 3.59. The summed E-state index contributed by atoms with van der Waals surface area (Å²) in [5.74, 6) is 5.11. The van der Waals surface area contributed by atoms with Crippen LogP contribution in [0.1, 0.15) is 0 Å². The maximum Gasteiger partial charge on any atom is 0.112 e. The lowest BCUT2D eigenvalue weighted by Gasteiger charge is -2.21. The normalized spacial score (nSPS) is 12.9. The maximum atomic E-state index is 5.11. The van der Waals surface area contributed by atoms with Gasteiger partial charge < -0.3 is 11.2 Å². The second-order valence-corrected chi connectivity index (χ2v) is 4.67. The van der Waals surface area contributed by atoms with E-state index in [0.717, 1.165) is 22.0 Å². The van der Waals surface area contributed by atoms with Gasteiger partial charge in [0, 0.05) is 9.79 Å². The highest BCUT2D eigenvalue weighted by atomic mass is 32.2. The molecule has 2 aromatic carbocycles. The van der Waals surface area contributed by atoms with Gasteiger partial charge in [-0.3, -0.25) is 0 Å². The van der Waals surface area contributed by atoms with Gasteiger partial charge in [-0.15, -0.1) is 5.11 Å². The van der Waals surface area contributed by atoms with E-state index in [-0.39, 0.29) is 0 Å². The van der Waals surface area contributed by atoms with Crippen molar-refractivity contribution in [2.45, 2.75) is 9.79 Å². The number of benzene rings is 2. The van der Waals surface area contributed by atoms with E-state index >= 15 is 0 Å². The minimum Gasteiger partial charge on any atom is -0.352 e. The second kappa shape index (κ2) is 4.10. The molecular formula is C12H10N4S. The molecule has 4 nitrogen and oxygen atoms in total. The van der Waals surface area contributed by atoms with Gasteiger partial charge in [0.25, 0.3) is 0 Å². The van der Waals surface area contributed by atoms with Crippen LogP contribution in [0.2, 0.25) is 0 Å². The Labute approximate surface area is 103 Å². The van der Waals surface area contributed by atoms with E-state index in [1.807, 2.05) is 30.3 Å². The van der Waals surface area contributed by atoms with Gasteiger partial charge in [-0.25, -0.2) is 0 Å². The molecule has 0 aromatic heterocycles. The zero-order chi connectivity index (χ0) is 11.7. The van der Waals surface area contributed by atoms with Crippen LogP contribution in [0.25, 0.3) is 0 Å². The summed E-state index contributed by atoms with van der Waals surface area (Å²) >= 11 is 1.72. The van der Waals surface area contributed by atoms with Crippen molar-refractivity contribution in [1.29, 1.82) is 0 Å². The summed E-state index contributed by atoms with van der Waals surface area (Å²) in [5, 5.41) is 10.6. The Morgan fingerprint density at radius 3 is 2.71 bits per heavy atom. The Bertz CT molecular complexity index is 595. The summed E-state index contributed by atoms with van der Waals surface area (Å²) < 4.78 is 0. The van der Waals surface area contributed by atoms with E-state index in [9.17, 15) is 0 Å². The molecule has 0 atom stereocenters. The molecular weight excluding hydrogens is 232 g/mol. The number of nitrogens with one attached hydrogen (secondary N) is 1. The molecule has 2 aromatic rings. The van der Waals surface area contributed by atoms with Gasteiger partial charge in [0.1, 0.15) is 5.69 Å². The molecule has 0 spiro atoms. The largest absolute Gasteiger partial charge is 0.352 e. The van der Waals surface area contributed by atoms with Crippen molar-refractivity contribution in [3.8, 4) is 0 Å². The van der Waals surface area contributed by atoms with Gasteiger partial charge in [0.15, 0.2) is 0 Å². The van der Waals surface area contributed by atoms with Crippen molar-refractivity contribution in [2.24, 2.45) is 16.2 Å². The van der Waals surface area contributed by atoms with E-state index < -0.39 is 0 Å². The van der Waals surface area contributed by atoms with Crippen LogP contribution in [0.15, 0.2) is 62.6 Å². The first kappa shape index (κ1) is 10.2. The first-order chi connectivity index (χ1) is 8.38. The molecule has 1 aliphatic heterocycles. The Morgan fingerprint density at radius 2 is 1.82 bits per heavy atom. The van der Waals surface area contributed by atoms with Crippen molar-refractivity contribution < 1.29 is 0 Å². The molecule has 84 valence electrons. The zero-order valence-electron chi connectivity index (χ0n) is 8.92. The SMILES string of the molecule is NN=Nc1cccc2c1Nc1ccccc1S2. The number of para-hydroxylation sites is 2. The van der Waals surface area contributed by atoms with Gasteiger partial charge in [-0.2, -0.15) is 0 Å². The summed E-state index contributed by atoms with van der Waals surface area (Å²) in [4.78, 5) is 2.34. The van der Waals surface area contributed by atoms with E-state index in [4.69, 9.17) is 5.84 Å². The number of anilines is 2. The van der Waals surface area contributed by atoms with Gasteiger partial charge in [-0.1, -0.05) is 35.2 Å². The molecule has 0 bridgehead atoms. The van der Waals surface area contributed by atoms with Crippen molar-refractivity contribution in [3.63, 3.8) is 0 Å². The fourth-order valence-corrected chi connectivity index (χ4v) is 2.80. The van der Waals surface area contributed by atoms with Gasteiger partial charge in [-0.05, 0) is 24.3 Å². The van der Waals surface area contributed by atoms with Crippen LogP contribution in [-0.2, 0) is 0 Å². The van der Waals surface area contributed by atoms with Crippen LogP contribution in [0.3, 0.4) is 0 Å². The highest BCUT2D eigenvalue weighted by Gasteiger charge is 2.17. The van der Waals surface area contributed by atoms with Crippen molar-refractivity contribution in [3.05, 3.63) is 42.5 Å². The molecule has 0 saturated heterocycles. The average Bonchev–Trinajstić information content (AvgIpc) is 2.37. The Kier molecular flexibility index (Phi) is 2.45. The van der Waals surface area contributed by atoms with E-state index in [1.165, 1.54) is 4.90 Å². The lowest BCUT2D eigenvalue weighted by atomic mass is 10.2. The first-order valence-corrected chi connectivity index (χ1v) is 5.98. The summed E-state index contributed by atoms with van der Waals surface area (Å²) in [5.41, 5.74) is 2.81. The number of nitrogens with two attached hydrogens (primary N) is 1. The third-order valence-corrected chi connectivity index (χ3v) is 3.67. The van der Waals surface area contributed by atoms with Crippen LogP contribution >= 0.6 is 11.8 Å². The number of hydrogen-bond acceptors (Lipinski definition) is 4. The van der Waals surface area contributed by atoms with Crippen molar-refractivity contribution >= 4 is 28.8 Å². The standard InChI is InChI=1S/C12H10N4S/c13-16-15-9-5-3-7-11-12(9)14-8-4-1-2-6-10(8)17-11/h1-7,14H,(H2,13,15). The summed E-state index contributed by atoms with van der Waals surface area (Å²) in [6.45, 7) is 0. The maximum absolute atomic E-state index is 5.11. The number of hydrogen-bond donors (Lipinski definition) is 2. The molecule has 0 unspecified atom stereocenters. The highest BCUT2D eigenvalue weighted by Crippen LogP contribution is 2.47. The highest BCUT2D eigenvalue weighted by molar-refractivity contribution is 7.99. The van der Waals surface area contributed by atoms with E-state index in [2.05, 4.69) is 27.8 Å². The Hall–Kier alpha value is -2.01. The van der Waals surface area contributed by atoms with Crippen LogP contribution in [0.5, 0.6) is 0 Å². The van der Waals surface area contributed by atoms with Gasteiger partial charge in [0.2, 0.25) is 0 Å². The zero-order valence-corrected chi connectivity index (χ0v) is 9.74. The molecule has 17 heavy (non-hydrogen) atoms. The lowest BCUT2D eigenvalue weighted by molar-refractivity contribution is 1.06. The van der Waals surface area contributed by atoms with Crippen LogP contribution < -0.4 is 11.2 Å². The number of nitrogens with zero attached hydrogens (tertiary/aromatic N) is 2. The van der Waals surface area contributed by atoms with Crippen LogP contribution in [-0.4, -0.2) is 0 Å². The Balaban J connectivity index is 2.11. The minimum absolute atomic E-state index is 0.756. The molecule has 0 amide bonds. The third kappa shape index (κ3) is 1.74. The fourth-order valence-electron chi connectivity index (χ4n) is 1.79.